The van der Waals surface area contributed by atoms with E-state index in [1.54, 1.807) is 14.2 Å². The third kappa shape index (κ3) is 3.78. The fraction of sp³-hybridized carbons (Fsp3) is 0.292. The molecule has 1 aliphatic heterocycles. The van der Waals surface area contributed by atoms with Crippen LogP contribution in [-0.4, -0.2) is 37.7 Å². The van der Waals surface area contributed by atoms with Crippen LogP contribution in [0, 0.1) is 0 Å². The van der Waals surface area contributed by atoms with Crippen molar-refractivity contribution in [3.63, 3.8) is 0 Å². The molecule has 29 heavy (non-hydrogen) atoms. The van der Waals surface area contributed by atoms with Gasteiger partial charge in [0.15, 0.2) is 11.5 Å². The van der Waals surface area contributed by atoms with E-state index in [1.165, 1.54) is 22.3 Å². The van der Waals surface area contributed by atoms with E-state index in [2.05, 4.69) is 63.7 Å². The van der Waals surface area contributed by atoms with Gasteiger partial charge in [0.05, 0.1) is 20.3 Å². The Morgan fingerprint density at radius 2 is 1.79 bits per heavy atom. The summed E-state index contributed by atoms with van der Waals surface area (Å²) in [4.78, 5) is 7.00. The summed E-state index contributed by atoms with van der Waals surface area (Å²) < 4.78 is 11.2. The average Bonchev–Trinajstić information content (AvgIpc) is 2.78. The lowest BCUT2D eigenvalue weighted by molar-refractivity contribution is 0.203. The third-order valence-corrected chi connectivity index (χ3v) is 5.59. The molecule has 0 radical (unpaired) electrons. The van der Waals surface area contributed by atoms with Crippen molar-refractivity contribution in [2.45, 2.75) is 19.0 Å². The van der Waals surface area contributed by atoms with Crippen molar-refractivity contribution in [1.29, 1.82) is 0 Å². The standard InChI is InChI=1S/C24H27N3O2/c1-25-24-19(10-7-12-26-24)16-27-13-11-18-14-21(28-2)22(29-3)15-20(18)23(27)17-8-5-4-6-9-17/h4-10,12,14-15,23H,11,13,16H2,1-3H3,(H,25,26)/t23-/m0/s1. The molecule has 150 valence electrons. The van der Waals surface area contributed by atoms with Gasteiger partial charge in [-0.25, -0.2) is 4.98 Å². The second-order valence-electron chi connectivity index (χ2n) is 7.20. The summed E-state index contributed by atoms with van der Waals surface area (Å²) in [6, 6.07) is 19.2. The molecule has 1 atom stereocenters. The average molecular weight is 389 g/mol. The first-order valence-electron chi connectivity index (χ1n) is 9.90. The smallest absolute Gasteiger partial charge is 0.161 e. The van der Waals surface area contributed by atoms with Gasteiger partial charge < -0.3 is 14.8 Å². The Morgan fingerprint density at radius 1 is 1.03 bits per heavy atom. The van der Waals surface area contributed by atoms with Gasteiger partial charge in [0.2, 0.25) is 0 Å². The highest BCUT2D eigenvalue weighted by molar-refractivity contribution is 5.52. The lowest BCUT2D eigenvalue weighted by atomic mass is 9.87. The maximum Gasteiger partial charge on any atom is 0.161 e. The van der Waals surface area contributed by atoms with Gasteiger partial charge in [0.25, 0.3) is 0 Å². The normalized spacial score (nSPS) is 16.2. The predicted octanol–water partition coefficient (Wildman–Crippen LogP) is 4.29. The van der Waals surface area contributed by atoms with Crippen LogP contribution in [0.25, 0.3) is 0 Å². The fourth-order valence-corrected chi connectivity index (χ4v) is 4.20. The number of nitrogens with one attached hydrogen (secondary N) is 1. The molecule has 5 nitrogen and oxygen atoms in total. The number of benzene rings is 2. The lowest BCUT2D eigenvalue weighted by Gasteiger charge is -2.38. The summed E-state index contributed by atoms with van der Waals surface area (Å²) in [6.07, 6.45) is 2.79. The van der Waals surface area contributed by atoms with Crippen LogP contribution in [0.2, 0.25) is 0 Å². The van der Waals surface area contributed by atoms with Gasteiger partial charge in [0, 0.05) is 31.9 Å². The van der Waals surface area contributed by atoms with E-state index in [0.717, 1.165) is 36.8 Å². The molecule has 0 saturated heterocycles. The highest BCUT2D eigenvalue weighted by Gasteiger charge is 2.30. The van der Waals surface area contributed by atoms with E-state index < -0.39 is 0 Å². The highest BCUT2D eigenvalue weighted by atomic mass is 16.5. The fourth-order valence-electron chi connectivity index (χ4n) is 4.20. The van der Waals surface area contributed by atoms with Gasteiger partial charge >= 0.3 is 0 Å². The number of hydrogen-bond acceptors (Lipinski definition) is 5. The predicted molar refractivity (Wildman–Crippen MR) is 116 cm³/mol. The van der Waals surface area contributed by atoms with Crippen LogP contribution in [0.15, 0.2) is 60.8 Å². The number of ether oxygens (including phenoxy) is 2. The number of pyridine rings is 1. The zero-order chi connectivity index (χ0) is 20.2. The Kier molecular flexibility index (Phi) is 5.67. The molecule has 3 aromatic rings. The van der Waals surface area contributed by atoms with Crippen molar-refractivity contribution >= 4 is 5.82 Å². The number of nitrogens with zero attached hydrogens (tertiary/aromatic N) is 2. The van der Waals surface area contributed by atoms with E-state index >= 15 is 0 Å². The first kappa shape index (κ1) is 19.3. The van der Waals surface area contributed by atoms with Crippen LogP contribution in [0.1, 0.15) is 28.3 Å². The number of methoxy groups -OCH3 is 2. The number of aromatic nitrogens is 1. The van der Waals surface area contributed by atoms with Gasteiger partial charge in [-0.3, -0.25) is 4.90 Å². The summed E-state index contributed by atoms with van der Waals surface area (Å²) in [5, 5.41) is 3.22. The number of fused-ring (bicyclic) bond motifs is 1. The molecule has 2 heterocycles. The molecule has 1 N–H and O–H groups in total. The van der Waals surface area contributed by atoms with Gasteiger partial charge in [-0.15, -0.1) is 0 Å². The Balaban J connectivity index is 1.79. The minimum absolute atomic E-state index is 0.143. The van der Waals surface area contributed by atoms with Gasteiger partial charge in [-0.05, 0) is 41.3 Å². The summed E-state index contributed by atoms with van der Waals surface area (Å²) in [7, 11) is 5.30. The van der Waals surface area contributed by atoms with Crippen molar-refractivity contribution < 1.29 is 9.47 Å². The van der Waals surface area contributed by atoms with Gasteiger partial charge in [-0.2, -0.15) is 0 Å². The largest absolute Gasteiger partial charge is 0.493 e. The minimum atomic E-state index is 0.143. The van der Waals surface area contributed by atoms with Crippen LogP contribution < -0.4 is 14.8 Å². The molecule has 5 heteroatoms. The van der Waals surface area contributed by atoms with Gasteiger partial charge in [-0.1, -0.05) is 36.4 Å². The zero-order valence-corrected chi connectivity index (χ0v) is 17.2. The molecule has 0 saturated carbocycles. The Morgan fingerprint density at radius 3 is 2.52 bits per heavy atom. The molecule has 2 aromatic carbocycles. The topological polar surface area (TPSA) is 46.6 Å². The second-order valence-corrected chi connectivity index (χ2v) is 7.20. The summed E-state index contributed by atoms with van der Waals surface area (Å²) in [6.45, 7) is 1.78. The molecule has 0 bridgehead atoms. The molecule has 1 aliphatic rings. The molecule has 0 spiro atoms. The molecule has 0 amide bonds. The van der Waals surface area contributed by atoms with Crippen LogP contribution in [0.5, 0.6) is 11.5 Å². The Hall–Kier alpha value is -3.05. The van der Waals surface area contributed by atoms with Crippen molar-refractivity contribution in [2.24, 2.45) is 0 Å². The minimum Gasteiger partial charge on any atom is -0.493 e. The zero-order valence-electron chi connectivity index (χ0n) is 17.2. The van der Waals surface area contributed by atoms with Crippen LogP contribution in [0.3, 0.4) is 0 Å². The molecule has 1 aromatic heterocycles. The Labute approximate surface area is 172 Å². The van der Waals surface area contributed by atoms with E-state index in [-0.39, 0.29) is 6.04 Å². The lowest BCUT2D eigenvalue weighted by Crippen LogP contribution is -2.36. The molecular weight excluding hydrogens is 362 g/mol. The molecule has 0 unspecified atom stereocenters. The number of anilines is 1. The highest BCUT2D eigenvalue weighted by Crippen LogP contribution is 2.41. The summed E-state index contributed by atoms with van der Waals surface area (Å²) >= 11 is 0. The van der Waals surface area contributed by atoms with Crippen molar-refractivity contribution in [1.82, 2.24) is 9.88 Å². The van der Waals surface area contributed by atoms with Crippen molar-refractivity contribution in [3.8, 4) is 11.5 Å². The van der Waals surface area contributed by atoms with Crippen molar-refractivity contribution in [3.05, 3.63) is 83.0 Å². The summed E-state index contributed by atoms with van der Waals surface area (Å²) in [5.41, 5.74) is 5.05. The third-order valence-electron chi connectivity index (χ3n) is 5.59. The van der Waals surface area contributed by atoms with Crippen LogP contribution >= 0.6 is 0 Å². The first-order chi connectivity index (χ1) is 14.2. The SMILES string of the molecule is CNc1ncccc1CN1CCc2cc(OC)c(OC)cc2[C@@H]1c1ccccc1. The number of rotatable bonds is 6. The van der Waals surface area contributed by atoms with Crippen molar-refractivity contribution in [2.75, 3.05) is 33.1 Å². The van der Waals surface area contributed by atoms with E-state index in [0.29, 0.717) is 0 Å². The molecule has 0 aliphatic carbocycles. The monoisotopic (exact) mass is 389 g/mol. The van der Waals surface area contributed by atoms with E-state index in [9.17, 15) is 0 Å². The molecular formula is C24H27N3O2. The molecule has 4 rings (SSSR count). The maximum absolute atomic E-state index is 5.61. The van der Waals surface area contributed by atoms with Crippen LogP contribution in [-0.2, 0) is 13.0 Å². The quantitative estimate of drug-likeness (QED) is 0.682. The van der Waals surface area contributed by atoms with E-state index in [4.69, 9.17) is 9.47 Å². The molecule has 0 fully saturated rings. The second kappa shape index (κ2) is 8.53. The maximum atomic E-state index is 5.61. The number of hydrogen-bond donors (Lipinski definition) is 1. The Bertz CT molecular complexity index is 975. The van der Waals surface area contributed by atoms with Crippen LogP contribution in [0.4, 0.5) is 5.82 Å². The van der Waals surface area contributed by atoms with E-state index in [1.807, 2.05) is 19.3 Å². The van der Waals surface area contributed by atoms with Gasteiger partial charge in [0.1, 0.15) is 5.82 Å². The first-order valence-corrected chi connectivity index (χ1v) is 9.90. The summed E-state index contributed by atoms with van der Waals surface area (Å²) in [5.74, 6) is 2.49.